The summed E-state index contributed by atoms with van der Waals surface area (Å²) < 4.78 is 28.2. The molecule has 7 heteroatoms. The third kappa shape index (κ3) is 3.61. The summed E-state index contributed by atoms with van der Waals surface area (Å²) in [5.41, 5.74) is 0.402. The number of amides is 1. The van der Waals surface area contributed by atoms with E-state index >= 15 is 0 Å². The molecule has 19 heavy (non-hydrogen) atoms. The van der Waals surface area contributed by atoms with Crippen molar-refractivity contribution in [2.24, 2.45) is 5.92 Å². The molecule has 1 saturated carbocycles. The summed E-state index contributed by atoms with van der Waals surface area (Å²) in [5, 5.41) is 2.67. The second-order valence-electron chi connectivity index (χ2n) is 4.30. The van der Waals surface area contributed by atoms with Gasteiger partial charge >= 0.3 is 0 Å². The van der Waals surface area contributed by atoms with Crippen LogP contribution in [0.3, 0.4) is 0 Å². The van der Waals surface area contributed by atoms with Crippen LogP contribution >= 0.6 is 10.7 Å². The monoisotopic (exact) mass is 303 g/mol. The zero-order valence-electron chi connectivity index (χ0n) is 10.3. The van der Waals surface area contributed by atoms with Gasteiger partial charge in [-0.2, -0.15) is 0 Å². The van der Waals surface area contributed by atoms with Crippen molar-refractivity contribution in [3.8, 4) is 5.75 Å². The largest absolute Gasteiger partial charge is 0.492 e. The first-order valence-corrected chi connectivity index (χ1v) is 8.25. The molecular weight excluding hydrogens is 290 g/mol. The second kappa shape index (κ2) is 5.38. The molecule has 1 amide bonds. The van der Waals surface area contributed by atoms with E-state index in [1.807, 2.05) is 0 Å². The lowest BCUT2D eigenvalue weighted by Gasteiger charge is -2.10. The Hall–Kier alpha value is -1.27. The number of anilines is 1. The van der Waals surface area contributed by atoms with E-state index in [2.05, 4.69) is 5.32 Å². The molecule has 1 aromatic rings. The number of hydrogen-bond donors (Lipinski definition) is 1. The van der Waals surface area contributed by atoms with Crippen LogP contribution in [0.5, 0.6) is 5.75 Å². The molecule has 0 radical (unpaired) electrons. The maximum absolute atomic E-state index is 11.6. The number of hydrogen-bond acceptors (Lipinski definition) is 4. The number of halogens is 1. The molecule has 0 atom stereocenters. The first kappa shape index (κ1) is 14.1. The Morgan fingerprint density at radius 2 is 2.16 bits per heavy atom. The SMILES string of the molecule is CCOc1ccc(NC(=O)C2CC2)cc1S(=O)(=O)Cl. The van der Waals surface area contributed by atoms with Crippen LogP contribution < -0.4 is 10.1 Å². The molecular formula is C12H14ClNO4S. The fraction of sp³-hybridized carbons (Fsp3) is 0.417. The van der Waals surface area contributed by atoms with Gasteiger partial charge in [-0.25, -0.2) is 8.42 Å². The van der Waals surface area contributed by atoms with E-state index < -0.39 is 9.05 Å². The van der Waals surface area contributed by atoms with Crippen molar-refractivity contribution < 1.29 is 17.9 Å². The molecule has 0 bridgehead atoms. The van der Waals surface area contributed by atoms with Crippen LogP contribution in [0.25, 0.3) is 0 Å². The highest BCUT2D eigenvalue weighted by atomic mass is 35.7. The Bertz CT molecular complexity index is 596. The zero-order chi connectivity index (χ0) is 14.0. The Balaban J connectivity index is 2.29. The van der Waals surface area contributed by atoms with Crippen LogP contribution in [0.2, 0.25) is 0 Å². The maximum atomic E-state index is 11.6. The molecule has 0 aliphatic heterocycles. The van der Waals surface area contributed by atoms with Crippen LogP contribution in [0.15, 0.2) is 23.1 Å². The van der Waals surface area contributed by atoms with Gasteiger partial charge in [0.05, 0.1) is 6.61 Å². The average molecular weight is 304 g/mol. The van der Waals surface area contributed by atoms with Crippen molar-refractivity contribution in [1.29, 1.82) is 0 Å². The molecule has 0 saturated heterocycles. The molecule has 1 aliphatic carbocycles. The van der Waals surface area contributed by atoms with Gasteiger partial charge in [0.25, 0.3) is 9.05 Å². The molecule has 1 fully saturated rings. The van der Waals surface area contributed by atoms with E-state index in [0.717, 1.165) is 12.8 Å². The Kier molecular flexibility index (Phi) is 4.01. The first-order chi connectivity index (χ1) is 8.91. The van der Waals surface area contributed by atoms with Crippen molar-refractivity contribution in [1.82, 2.24) is 0 Å². The predicted octanol–water partition coefficient (Wildman–Crippen LogP) is 2.36. The third-order valence-corrected chi connectivity index (χ3v) is 4.07. The molecule has 1 aromatic carbocycles. The molecule has 104 valence electrons. The van der Waals surface area contributed by atoms with Crippen LogP contribution in [0.4, 0.5) is 5.69 Å². The number of benzene rings is 1. The van der Waals surface area contributed by atoms with Gasteiger partial charge in [0, 0.05) is 22.3 Å². The minimum Gasteiger partial charge on any atom is -0.492 e. The minimum atomic E-state index is -3.92. The Morgan fingerprint density at radius 3 is 2.68 bits per heavy atom. The standard InChI is InChI=1S/C12H14ClNO4S/c1-2-18-10-6-5-9(7-11(10)19(13,16)17)14-12(15)8-3-4-8/h5-8H,2-4H2,1H3,(H,14,15). The highest BCUT2D eigenvalue weighted by Crippen LogP contribution is 2.33. The van der Waals surface area contributed by atoms with Crippen LogP contribution in [0.1, 0.15) is 19.8 Å². The van der Waals surface area contributed by atoms with E-state index in [9.17, 15) is 13.2 Å². The van der Waals surface area contributed by atoms with Gasteiger partial charge in [-0.05, 0) is 38.0 Å². The van der Waals surface area contributed by atoms with Crippen molar-refractivity contribution in [3.05, 3.63) is 18.2 Å². The summed E-state index contributed by atoms with van der Waals surface area (Å²) in [5.74, 6) is 0.131. The van der Waals surface area contributed by atoms with Crippen molar-refractivity contribution >= 4 is 31.3 Å². The quantitative estimate of drug-likeness (QED) is 0.848. The van der Waals surface area contributed by atoms with Gasteiger partial charge in [0.15, 0.2) is 0 Å². The van der Waals surface area contributed by atoms with Gasteiger partial charge < -0.3 is 10.1 Å². The Morgan fingerprint density at radius 1 is 1.47 bits per heavy atom. The van der Waals surface area contributed by atoms with Crippen LogP contribution in [-0.4, -0.2) is 20.9 Å². The molecule has 0 spiro atoms. The first-order valence-electron chi connectivity index (χ1n) is 5.94. The van der Waals surface area contributed by atoms with Crippen molar-refractivity contribution in [2.75, 3.05) is 11.9 Å². The lowest BCUT2D eigenvalue weighted by molar-refractivity contribution is -0.117. The summed E-state index contributed by atoms with van der Waals surface area (Å²) >= 11 is 0. The third-order valence-electron chi connectivity index (χ3n) is 2.72. The topological polar surface area (TPSA) is 72.5 Å². The fourth-order valence-electron chi connectivity index (χ4n) is 1.64. The second-order valence-corrected chi connectivity index (χ2v) is 6.83. The predicted molar refractivity (Wildman–Crippen MR) is 72.0 cm³/mol. The number of ether oxygens (including phenoxy) is 1. The fourth-order valence-corrected chi connectivity index (χ4v) is 2.64. The van der Waals surface area contributed by atoms with Crippen LogP contribution in [-0.2, 0) is 13.8 Å². The summed E-state index contributed by atoms with van der Waals surface area (Å²) in [4.78, 5) is 11.5. The highest BCUT2D eigenvalue weighted by Gasteiger charge is 2.30. The maximum Gasteiger partial charge on any atom is 0.265 e. The molecule has 5 nitrogen and oxygen atoms in total. The molecule has 0 heterocycles. The van der Waals surface area contributed by atoms with E-state index in [-0.39, 0.29) is 22.5 Å². The summed E-state index contributed by atoms with van der Waals surface area (Å²) in [7, 11) is 1.44. The smallest absolute Gasteiger partial charge is 0.265 e. The van der Waals surface area contributed by atoms with Gasteiger partial charge in [0.2, 0.25) is 5.91 Å². The van der Waals surface area contributed by atoms with Crippen LogP contribution in [0, 0.1) is 5.92 Å². The molecule has 0 aromatic heterocycles. The van der Waals surface area contributed by atoms with E-state index in [4.69, 9.17) is 15.4 Å². The number of carbonyl (C=O) groups excluding carboxylic acids is 1. The highest BCUT2D eigenvalue weighted by molar-refractivity contribution is 8.13. The molecule has 0 unspecified atom stereocenters. The zero-order valence-corrected chi connectivity index (χ0v) is 11.9. The number of rotatable bonds is 5. The van der Waals surface area contributed by atoms with Gasteiger partial charge in [-0.1, -0.05) is 0 Å². The van der Waals surface area contributed by atoms with Gasteiger partial charge in [-0.15, -0.1) is 0 Å². The van der Waals surface area contributed by atoms with Crippen molar-refractivity contribution in [2.45, 2.75) is 24.7 Å². The van der Waals surface area contributed by atoms with E-state index in [0.29, 0.717) is 12.3 Å². The lowest BCUT2D eigenvalue weighted by Crippen LogP contribution is -2.13. The van der Waals surface area contributed by atoms with Crippen molar-refractivity contribution in [3.63, 3.8) is 0 Å². The summed E-state index contributed by atoms with van der Waals surface area (Å²) in [6.07, 6.45) is 1.76. The van der Waals surface area contributed by atoms with Gasteiger partial charge in [-0.3, -0.25) is 4.79 Å². The molecule has 1 N–H and O–H groups in total. The van der Waals surface area contributed by atoms with E-state index in [1.54, 1.807) is 13.0 Å². The summed E-state index contributed by atoms with van der Waals surface area (Å²) in [6.45, 7) is 2.07. The number of carbonyl (C=O) groups is 1. The molecule has 2 rings (SSSR count). The molecule has 1 aliphatic rings. The summed E-state index contributed by atoms with van der Waals surface area (Å²) in [6, 6.07) is 4.39. The van der Waals surface area contributed by atoms with E-state index in [1.165, 1.54) is 12.1 Å². The average Bonchev–Trinajstić information content (AvgIpc) is 3.14. The van der Waals surface area contributed by atoms with Gasteiger partial charge in [0.1, 0.15) is 10.6 Å². The Labute approximate surface area is 116 Å². The minimum absolute atomic E-state index is 0.0441. The number of nitrogens with one attached hydrogen (secondary N) is 1. The lowest BCUT2D eigenvalue weighted by atomic mass is 10.3. The normalized spacial score (nSPS) is 15.1.